The molecule has 9 heteroatoms. The molecule has 0 aromatic heterocycles. The number of fused-ring (bicyclic) bond motifs is 9. The van der Waals surface area contributed by atoms with Gasteiger partial charge in [-0.15, -0.1) is 0 Å². The van der Waals surface area contributed by atoms with Crippen LogP contribution in [0.1, 0.15) is 117 Å². The van der Waals surface area contributed by atoms with Crippen molar-refractivity contribution in [1.29, 1.82) is 0 Å². The first kappa shape index (κ1) is 93.3. The van der Waals surface area contributed by atoms with Crippen molar-refractivity contribution in [3.63, 3.8) is 0 Å². The summed E-state index contributed by atoms with van der Waals surface area (Å²) in [5.74, 6) is -1.10. The molecule has 0 spiro atoms. The summed E-state index contributed by atoms with van der Waals surface area (Å²) >= 11 is 3.75. The highest BCUT2D eigenvalue weighted by atomic mass is 79.9. The van der Waals surface area contributed by atoms with Crippen LogP contribution in [-0.4, -0.2) is 0 Å². The molecule has 2 N–H and O–H groups in total. The van der Waals surface area contributed by atoms with Crippen molar-refractivity contribution in [3.05, 3.63) is 613 Å². The van der Waals surface area contributed by atoms with Crippen LogP contribution in [0, 0.1) is 64.8 Å². The highest BCUT2D eigenvalue weighted by Crippen LogP contribution is 2.62. The van der Waals surface area contributed by atoms with Crippen LogP contribution in [0.25, 0.3) is 73.9 Å². The van der Waals surface area contributed by atoms with Crippen molar-refractivity contribution in [2.24, 2.45) is 0 Å². The van der Waals surface area contributed by atoms with Gasteiger partial charge in [-0.2, -0.15) is 0 Å². The fourth-order valence-electron chi connectivity index (χ4n) is 21.9. The lowest BCUT2D eigenvalue weighted by Gasteiger charge is -2.36. The number of nitrogens with zero attached hydrogens (tertiary/aromatic N) is 2. The maximum absolute atomic E-state index is 14.9. The molecule has 20 aromatic rings. The summed E-state index contributed by atoms with van der Waals surface area (Å²) < 4.78 is 56.8. The Bertz CT molecular complexity index is 7860. The van der Waals surface area contributed by atoms with Crippen molar-refractivity contribution in [2.45, 2.75) is 57.8 Å². The van der Waals surface area contributed by atoms with E-state index in [1.807, 2.05) is 91.0 Å². The monoisotopic (exact) mass is 1930 g/mol. The molecule has 3 unspecified atom stereocenters. The first-order valence-corrected chi connectivity index (χ1v) is 49.4. The van der Waals surface area contributed by atoms with E-state index in [0.717, 1.165) is 100 Å². The van der Waals surface area contributed by atoms with E-state index >= 15 is 0 Å². The molecule has 0 fully saturated rings. The third-order valence-electron chi connectivity index (χ3n) is 28.8. The molecule has 0 saturated heterocycles. The summed E-state index contributed by atoms with van der Waals surface area (Å²) in [6.45, 7) is 25.3. The Kier molecular flexibility index (Phi) is 25.4. The number of rotatable bonds is 21. The summed E-state index contributed by atoms with van der Waals surface area (Å²) in [7, 11) is 0. The van der Waals surface area contributed by atoms with E-state index in [1.165, 1.54) is 182 Å². The van der Waals surface area contributed by atoms with Gasteiger partial charge in [-0.1, -0.05) is 338 Å². The third kappa shape index (κ3) is 17.2. The van der Waals surface area contributed by atoms with Gasteiger partial charge in [0.1, 0.15) is 23.3 Å². The van der Waals surface area contributed by atoms with E-state index < -0.39 is 10.8 Å². The van der Waals surface area contributed by atoms with E-state index in [-0.39, 0.29) is 28.7 Å². The fraction of sp³-hybridized carbons (Fsp3) is 0.0667. The Morgan fingerprint density at radius 2 is 0.458 bits per heavy atom. The van der Waals surface area contributed by atoms with E-state index in [0.29, 0.717) is 0 Å². The molecule has 0 heterocycles. The molecule has 3 aliphatic carbocycles. The summed E-state index contributed by atoms with van der Waals surface area (Å²) in [6, 6.07) is 153. The number of hydrogen-bond acceptors (Lipinski definition) is 4. The standard InChI is InChI=1S/C82H62F2N2.C29H23Br.C24H18F2N2/c1-7-57-21-29-61(30-22-57)81(77-49-53(3)17-19-55(77)5)75-15-11-9-13-71(75)73-47-45-69(51-79(73)81)85(67-41-33-63(83)34-42-67)65-37-25-59(26-38-65)60-27-39-66(40-28-60)86(68-43-35-64(84)36-44-68)70-46-48-74-72-14-10-12-16-76(72)82(80(74)52-70,62-31-23-58(8-2)24-32-62)78-50-54(4)18-20-56(78)6;1-4-21-11-13-22(14-12-21)29(27-17-19(2)9-10-20(27)3)26-8-6-5-7-24(26)25-16-15-23(30)18-28(25)29;25-19-5-13-23(14-6-19)27-21-9-1-17(2-10-21)18-3-11-22(12-4-18)28-24-15-7-20(26)8-16-24/h7-52H,1-2H2,3-6H3;4-18H,1H2,2-3H3;1-16,27-28H. The topological polar surface area (TPSA) is 30.5 Å². The first-order chi connectivity index (χ1) is 70.2. The Labute approximate surface area is 849 Å². The minimum atomic E-state index is -0.648. The van der Waals surface area contributed by atoms with Crippen LogP contribution in [-0.2, 0) is 16.2 Å². The van der Waals surface area contributed by atoms with Gasteiger partial charge in [0.05, 0.1) is 16.2 Å². The number of hydrogen-bond donors (Lipinski definition) is 2. The molecule has 0 saturated carbocycles. The normalized spacial score (nSPS) is 14.7. The zero-order valence-corrected chi connectivity index (χ0v) is 82.4. The maximum Gasteiger partial charge on any atom is 0.123 e. The van der Waals surface area contributed by atoms with Gasteiger partial charge >= 0.3 is 0 Å². The zero-order valence-electron chi connectivity index (χ0n) is 80.9. The van der Waals surface area contributed by atoms with Crippen LogP contribution < -0.4 is 20.4 Å². The van der Waals surface area contributed by atoms with Gasteiger partial charge in [0, 0.05) is 61.3 Å². The van der Waals surface area contributed by atoms with Gasteiger partial charge in [0.2, 0.25) is 0 Å². The second-order valence-electron chi connectivity index (χ2n) is 37.6. The summed E-state index contributed by atoms with van der Waals surface area (Å²) in [4.78, 5) is 4.45. The molecule has 698 valence electrons. The Morgan fingerprint density at radius 3 is 0.750 bits per heavy atom. The minimum Gasteiger partial charge on any atom is -0.356 e. The fourth-order valence-corrected chi connectivity index (χ4v) is 22.3. The number of anilines is 10. The molecule has 4 nitrogen and oxygen atoms in total. The van der Waals surface area contributed by atoms with Crippen LogP contribution in [0.3, 0.4) is 0 Å². The number of aryl methyl sites for hydroxylation is 6. The number of benzene rings is 20. The Balaban J connectivity index is 0.000000169. The molecule has 0 bridgehead atoms. The van der Waals surface area contributed by atoms with Gasteiger partial charge in [-0.05, 0) is 379 Å². The van der Waals surface area contributed by atoms with Gasteiger partial charge in [0.25, 0.3) is 0 Å². The summed E-state index contributed by atoms with van der Waals surface area (Å²) in [5, 5.41) is 6.49. The highest BCUT2D eigenvalue weighted by molar-refractivity contribution is 9.10. The SMILES string of the molecule is C=Cc1ccc(C2(c3cc(C)ccc3C)c3ccccc3-c3ccc(Br)cc32)cc1.C=Cc1ccc(C2(c3cc(C)ccc3C)c3ccccc3-c3ccc(N(c4ccc(F)cc4)c4ccc(-c5ccc(N(c6ccc(F)cc6)c6ccc7c(c6)C(c6ccc(C=C)cc6)(c6cc(C)ccc6C)c6ccccc6-7)cc5)cc4)cc32)cc1.Fc1ccc(Nc2ccc(-c3ccc(Nc4ccc(F)cc4)cc3)cc2)cc1. The molecular formula is C135H103BrF4N4. The van der Waals surface area contributed by atoms with Crippen LogP contribution in [0.15, 0.2) is 473 Å². The van der Waals surface area contributed by atoms with Gasteiger partial charge in [0.15, 0.2) is 0 Å². The second kappa shape index (κ2) is 39.2. The van der Waals surface area contributed by atoms with Gasteiger partial charge in [-0.25, -0.2) is 17.6 Å². The average molecular weight is 1940 g/mol. The predicted molar refractivity (Wildman–Crippen MR) is 597 cm³/mol. The van der Waals surface area contributed by atoms with Crippen LogP contribution in [0.2, 0.25) is 0 Å². The first-order valence-electron chi connectivity index (χ1n) is 48.6. The lowest BCUT2D eigenvalue weighted by Crippen LogP contribution is -2.30. The largest absolute Gasteiger partial charge is 0.356 e. The lowest BCUT2D eigenvalue weighted by molar-refractivity contribution is 0.627. The van der Waals surface area contributed by atoms with Crippen molar-refractivity contribution in [2.75, 3.05) is 20.4 Å². The van der Waals surface area contributed by atoms with E-state index in [4.69, 9.17) is 0 Å². The van der Waals surface area contributed by atoms with Crippen LogP contribution in [0.5, 0.6) is 0 Å². The number of halogens is 5. The summed E-state index contributed by atoms with van der Waals surface area (Å²) in [6.07, 6.45) is 5.69. The molecular weight excluding hydrogens is 1830 g/mol. The second-order valence-corrected chi connectivity index (χ2v) is 38.5. The van der Waals surface area contributed by atoms with Crippen molar-refractivity contribution in [3.8, 4) is 55.6 Å². The zero-order chi connectivity index (χ0) is 99.1. The van der Waals surface area contributed by atoms with Crippen LogP contribution in [0.4, 0.5) is 74.4 Å². The minimum absolute atomic E-state index is 0.252. The Morgan fingerprint density at radius 1 is 0.222 bits per heavy atom. The molecule has 0 radical (unpaired) electrons. The average Bonchev–Trinajstić information content (AvgIpc) is 1.53. The van der Waals surface area contributed by atoms with Crippen molar-refractivity contribution < 1.29 is 17.6 Å². The Hall–Kier alpha value is -17.0. The molecule has 3 aliphatic rings. The maximum atomic E-state index is 14.9. The lowest BCUT2D eigenvalue weighted by atomic mass is 9.66. The van der Waals surface area contributed by atoms with Crippen LogP contribution >= 0.6 is 15.9 Å². The highest BCUT2D eigenvalue weighted by Gasteiger charge is 2.51. The van der Waals surface area contributed by atoms with E-state index in [9.17, 15) is 17.6 Å². The van der Waals surface area contributed by atoms with Crippen molar-refractivity contribution >= 4 is 91.0 Å². The third-order valence-corrected chi connectivity index (χ3v) is 29.3. The van der Waals surface area contributed by atoms with Crippen molar-refractivity contribution in [1.82, 2.24) is 0 Å². The number of nitrogens with one attached hydrogen (secondary N) is 2. The molecule has 144 heavy (non-hydrogen) atoms. The molecule has 3 atom stereocenters. The summed E-state index contributed by atoms with van der Waals surface area (Å²) in [5.41, 5.74) is 44.5. The van der Waals surface area contributed by atoms with Gasteiger partial charge in [-0.3, -0.25) is 0 Å². The quantitative estimate of drug-likeness (QED) is 0.0702. The molecule has 0 aliphatic heterocycles. The predicted octanol–water partition coefficient (Wildman–Crippen LogP) is 37.0. The smallest absolute Gasteiger partial charge is 0.123 e. The molecule has 0 amide bonds. The van der Waals surface area contributed by atoms with E-state index in [1.54, 1.807) is 24.3 Å². The molecule has 23 rings (SSSR count). The van der Waals surface area contributed by atoms with E-state index in [2.05, 4.69) is 401 Å². The molecule has 20 aromatic carbocycles. The van der Waals surface area contributed by atoms with Gasteiger partial charge < -0.3 is 20.4 Å².